The molecule has 0 atom stereocenters. The normalized spacial score (nSPS) is 10.6. The molecule has 2 rings (SSSR count). The van der Waals surface area contributed by atoms with Crippen LogP contribution in [0, 0.1) is 0 Å². The Morgan fingerprint density at radius 3 is 2.80 bits per heavy atom. The van der Waals surface area contributed by atoms with Gasteiger partial charge in [-0.05, 0) is 41.9 Å². The van der Waals surface area contributed by atoms with E-state index in [-0.39, 0.29) is 0 Å². The highest BCUT2D eigenvalue weighted by Crippen LogP contribution is 2.17. The molecule has 0 fully saturated rings. The molecule has 4 heteroatoms. The summed E-state index contributed by atoms with van der Waals surface area (Å²) in [5, 5.41) is 3.34. The Balaban J connectivity index is 2.06. The maximum atomic E-state index is 4.45. The van der Waals surface area contributed by atoms with Crippen LogP contribution in [0.25, 0.3) is 0 Å². The Morgan fingerprint density at radius 1 is 1.20 bits per heavy atom. The summed E-state index contributed by atoms with van der Waals surface area (Å²) in [6.45, 7) is 4.82. The largest absolute Gasteiger partial charge is 0.355 e. The number of aromatic nitrogens is 1. The third-order valence-corrected chi connectivity index (χ3v) is 3.58. The SMILES string of the molecule is CCNCc1ccnc(N(C)Cc2cccc(Br)c2)c1. The highest BCUT2D eigenvalue weighted by Gasteiger charge is 2.05. The Morgan fingerprint density at radius 2 is 2.05 bits per heavy atom. The molecule has 0 saturated carbocycles. The number of halogens is 1. The first-order valence-electron chi connectivity index (χ1n) is 6.80. The second-order valence-corrected chi connectivity index (χ2v) is 5.70. The van der Waals surface area contributed by atoms with Gasteiger partial charge in [0.05, 0.1) is 0 Å². The number of rotatable bonds is 6. The number of hydrogen-bond donors (Lipinski definition) is 1. The molecule has 106 valence electrons. The number of pyridine rings is 1. The first-order valence-corrected chi connectivity index (χ1v) is 7.59. The Labute approximate surface area is 129 Å². The van der Waals surface area contributed by atoms with Crippen LogP contribution in [0.5, 0.6) is 0 Å². The van der Waals surface area contributed by atoms with Crippen molar-refractivity contribution in [2.24, 2.45) is 0 Å². The molecule has 2 aromatic rings. The molecule has 20 heavy (non-hydrogen) atoms. The van der Waals surface area contributed by atoms with Crippen LogP contribution < -0.4 is 10.2 Å². The maximum Gasteiger partial charge on any atom is 0.128 e. The molecular formula is C16H20BrN3. The van der Waals surface area contributed by atoms with Crippen LogP contribution in [0.15, 0.2) is 47.1 Å². The van der Waals surface area contributed by atoms with Gasteiger partial charge in [0.25, 0.3) is 0 Å². The van der Waals surface area contributed by atoms with Gasteiger partial charge in [0.15, 0.2) is 0 Å². The summed E-state index contributed by atoms with van der Waals surface area (Å²) in [5.74, 6) is 1.00. The molecule has 0 radical (unpaired) electrons. The van der Waals surface area contributed by atoms with Gasteiger partial charge in [-0.15, -0.1) is 0 Å². The summed E-state index contributed by atoms with van der Waals surface area (Å²) in [6.07, 6.45) is 1.87. The lowest BCUT2D eigenvalue weighted by molar-refractivity contribution is 0.725. The average molecular weight is 334 g/mol. The highest BCUT2D eigenvalue weighted by atomic mass is 79.9. The lowest BCUT2D eigenvalue weighted by Gasteiger charge is -2.19. The lowest BCUT2D eigenvalue weighted by Crippen LogP contribution is -2.18. The van der Waals surface area contributed by atoms with Crippen molar-refractivity contribution in [2.45, 2.75) is 20.0 Å². The summed E-state index contributed by atoms with van der Waals surface area (Å²) in [5.41, 5.74) is 2.53. The van der Waals surface area contributed by atoms with Crippen molar-refractivity contribution in [3.63, 3.8) is 0 Å². The van der Waals surface area contributed by atoms with E-state index in [0.29, 0.717) is 0 Å². The smallest absolute Gasteiger partial charge is 0.128 e. The van der Waals surface area contributed by atoms with Crippen LogP contribution in [0.4, 0.5) is 5.82 Å². The summed E-state index contributed by atoms with van der Waals surface area (Å²) < 4.78 is 1.11. The summed E-state index contributed by atoms with van der Waals surface area (Å²) in [7, 11) is 2.07. The second-order valence-electron chi connectivity index (χ2n) is 4.79. The van der Waals surface area contributed by atoms with Crippen molar-refractivity contribution in [3.8, 4) is 0 Å². The molecule has 1 aromatic heterocycles. The van der Waals surface area contributed by atoms with E-state index in [1.807, 2.05) is 12.3 Å². The van der Waals surface area contributed by atoms with Crippen LogP contribution in [0.2, 0.25) is 0 Å². The van der Waals surface area contributed by atoms with Crippen molar-refractivity contribution in [3.05, 3.63) is 58.2 Å². The molecular weight excluding hydrogens is 314 g/mol. The molecule has 1 heterocycles. The molecule has 0 bridgehead atoms. The second kappa shape index (κ2) is 7.41. The van der Waals surface area contributed by atoms with Crippen molar-refractivity contribution in [1.29, 1.82) is 0 Å². The Kier molecular flexibility index (Phi) is 5.56. The molecule has 0 aliphatic rings. The minimum atomic E-state index is 0.844. The summed E-state index contributed by atoms with van der Waals surface area (Å²) in [4.78, 5) is 6.62. The van der Waals surface area contributed by atoms with Gasteiger partial charge in [-0.3, -0.25) is 0 Å². The van der Waals surface area contributed by atoms with Gasteiger partial charge in [-0.25, -0.2) is 4.98 Å². The Bertz CT molecular complexity index is 557. The third kappa shape index (κ3) is 4.32. The van der Waals surface area contributed by atoms with E-state index >= 15 is 0 Å². The zero-order valence-corrected chi connectivity index (χ0v) is 13.5. The quantitative estimate of drug-likeness (QED) is 0.875. The van der Waals surface area contributed by atoms with E-state index in [1.165, 1.54) is 11.1 Å². The van der Waals surface area contributed by atoms with Crippen LogP contribution in [0.3, 0.4) is 0 Å². The summed E-state index contributed by atoms with van der Waals surface area (Å²) in [6, 6.07) is 12.6. The summed E-state index contributed by atoms with van der Waals surface area (Å²) >= 11 is 3.51. The van der Waals surface area contributed by atoms with Gasteiger partial charge < -0.3 is 10.2 Å². The molecule has 3 nitrogen and oxygen atoms in total. The fraction of sp³-hybridized carbons (Fsp3) is 0.312. The van der Waals surface area contributed by atoms with Gasteiger partial charge in [0, 0.05) is 30.8 Å². The van der Waals surface area contributed by atoms with E-state index in [9.17, 15) is 0 Å². The lowest BCUT2D eigenvalue weighted by atomic mass is 10.2. The minimum Gasteiger partial charge on any atom is -0.355 e. The molecule has 1 aromatic carbocycles. The molecule has 0 spiro atoms. The molecule has 0 saturated heterocycles. The van der Waals surface area contributed by atoms with Crippen LogP contribution in [-0.4, -0.2) is 18.6 Å². The molecule has 0 amide bonds. The van der Waals surface area contributed by atoms with Crippen LogP contribution in [0.1, 0.15) is 18.1 Å². The zero-order valence-electron chi connectivity index (χ0n) is 11.9. The van der Waals surface area contributed by atoms with E-state index in [1.54, 1.807) is 0 Å². The van der Waals surface area contributed by atoms with Gasteiger partial charge in [0.2, 0.25) is 0 Å². The standard InChI is InChI=1S/C16H20BrN3/c1-3-18-11-13-7-8-19-16(10-13)20(2)12-14-5-4-6-15(17)9-14/h4-10,18H,3,11-12H2,1-2H3. The third-order valence-electron chi connectivity index (χ3n) is 3.09. The molecule has 0 unspecified atom stereocenters. The van der Waals surface area contributed by atoms with E-state index in [2.05, 4.69) is 75.4 Å². The topological polar surface area (TPSA) is 28.2 Å². The van der Waals surface area contributed by atoms with Crippen molar-refractivity contribution >= 4 is 21.7 Å². The first kappa shape index (κ1) is 15.0. The number of hydrogen-bond acceptors (Lipinski definition) is 3. The van der Waals surface area contributed by atoms with Crippen LogP contribution in [-0.2, 0) is 13.1 Å². The van der Waals surface area contributed by atoms with Gasteiger partial charge in [0.1, 0.15) is 5.82 Å². The fourth-order valence-corrected chi connectivity index (χ4v) is 2.49. The zero-order chi connectivity index (χ0) is 14.4. The predicted molar refractivity (Wildman–Crippen MR) is 87.9 cm³/mol. The van der Waals surface area contributed by atoms with E-state index < -0.39 is 0 Å². The number of nitrogens with one attached hydrogen (secondary N) is 1. The number of benzene rings is 1. The monoisotopic (exact) mass is 333 g/mol. The van der Waals surface area contributed by atoms with Gasteiger partial charge >= 0.3 is 0 Å². The van der Waals surface area contributed by atoms with Crippen molar-refractivity contribution in [1.82, 2.24) is 10.3 Å². The molecule has 0 aliphatic carbocycles. The molecule has 1 N–H and O–H groups in total. The number of anilines is 1. The fourth-order valence-electron chi connectivity index (χ4n) is 2.04. The van der Waals surface area contributed by atoms with Crippen molar-refractivity contribution < 1.29 is 0 Å². The van der Waals surface area contributed by atoms with Crippen LogP contribution >= 0.6 is 15.9 Å². The molecule has 0 aliphatic heterocycles. The minimum absolute atomic E-state index is 0.844. The number of nitrogens with zero attached hydrogens (tertiary/aromatic N) is 2. The van der Waals surface area contributed by atoms with E-state index in [4.69, 9.17) is 0 Å². The maximum absolute atomic E-state index is 4.45. The van der Waals surface area contributed by atoms with Gasteiger partial charge in [-0.2, -0.15) is 0 Å². The highest BCUT2D eigenvalue weighted by molar-refractivity contribution is 9.10. The predicted octanol–water partition coefficient (Wildman–Crippen LogP) is 3.59. The average Bonchev–Trinajstić information content (AvgIpc) is 2.45. The van der Waals surface area contributed by atoms with Crippen molar-refractivity contribution in [2.75, 3.05) is 18.5 Å². The Hall–Kier alpha value is -1.39. The first-order chi connectivity index (χ1) is 9.69. The van der Waals surface area contributed by atoms with Gasteiger partial charge in [-0.1, -0.05) is 35.0 Å². The van der Waals surface area contributed by atoms with E-state index in [0.717, 1.165) is 29.9 Å².